The first kappa shape index (κ1) is 22.6. The number of anilines is 1. The van der Waals surface area contributed by atoms with Crippen molar-refractivity contribution in [3.63, 3.8) is 0 Å². The monoisotopic (exact) mass is 474 g/mol. The SMILES string of the molecule is N#C/C(=C\c1cc(Cl)ccc1OCc1cccc(F)c1)C(=O)Nc1ccc(Cl)c(Cl)c1. The maximum Gasteiger partial charge on any atom is 0.266 e. The maximum absolute atomic E-state index is 13.4. The van der Waals surface area contributed by atoms with Gasteiger partial charge in [-0.1, -0.05) is 46.9 Å². The number of amides is 1. The van der Waals surface area contributed by atoms with Crippen molar-refractivity contribution in [3.05, 3.63) is 98.2 Å². The van der Waals surface area contributed by atoms with Gasteiger partial charge in [0, 0.05) is 16.3 Å². The minimum Gasteiger partial charge on any atom is -0.488 e. The first-order valence-electron chi connectivity index (χ1n) is 8.90. The Kier molecular flexibility index (Phi) is 7.54. The minimum atomic E-state index is -0.642. The normalized spacial score (nSPS) is 11.0. The number of ether oxygens (including phenoxy) is 1. The summed E-state index contributed by atoms with van der Waals surface area (Å²) in [6.45, 7) is 0.0948. The third-order valence-electron chi connectivity index (χ3n) is 4.10. The van der Waals surface area contributed by atoms with Gasteiger partial charge in [0.25, 0.3) is 5.91 Å². The van der Waals surface area contributed by atoms with Crippen molar-refractivity contribution in [2.45, 2.75) is 6.61 Å². The number of carbonyl (C=O) groups excluding carboxylic acids is 1. The molecule has 1 amide bonds. The molecule has 0 aliphatic rings. The number of nitrogens with one attached hydrogen (secondary N) is 1. The molecule has 0 aliphatic heterocycles. The second-order valence-electron chi connectivity index (χ2n) is 6.35. The zero-order valence-corrected chi connectivity index (χ0v) is 18.1. The molecule has 0 atom stereocenters. The van der Waals surface area contributed by atoms with Gasteiger partial charge in [-0.3, -0.25) is 4.79 Å². The third-order valence-corrected chi connectivity index (χ3v) is 5.07. The highest BCUT2D eigenvalue weighted by molar-refractivity contribution is 6.42. The van der Waals surface area contributed by atoms with Crippen molar-refractivity contribution in [2.75, 3.05) is 5.32 Å². The van der Waals surface area contributed by atoms with Gasteiger partial charge in [-0.2, -0.15) is 5.26 Å². The van der Waals surface area contributed by atoms with E-state index in [1.54, 1.807) is 36.4 Å². The fourth-order valence-corrected chi connectivity index (χ4v) is 3.11. The zero-order chi connectivity index (χ0) is 22.4. The van der Waals surface area contributed by atoms with Crippen LogP contribution in [0.3, 0.4) is 0 Å². The van der Waals surface area contributed by atoms with Gasteiger partial charge in [0.15, 0.2) is 0 Å². The number of hydrogen-bond donors (Lipinski definition) is 1. The zero-order valence-electron chi connectivity index (χ0n) is 15.8. The van der Waals surface area contributed by atoms with Gasteiger partial charge in [-0.05, 0) is 60.2 Å². The molecule has 156 valence electrons. The van der Waals surface area contributed by atoms with Crippen LogP contribution >= 0.6 is 34.8 Å². The Hall–Kier alpha value is -3.04. The number of rotatable bonds is 6. The van der Waals surface area contributed by atoms with Gasteiger partial charge >= 0.3 is 0 Å². The number of carbonyl (C=O) groups is 1. The summed E-state index contributed by atoms with van der Waals surface area (Å²) in [7, 11) is 0. The van der Waals surface area contributed by atoms with E-state index in [2.05, 4.69) is 5.32 Å². The summed E-state index contributed by atoms with van der Waals surface area (Å²) < 4.78 is 19.1. The summed E-state index contributed by atoms with van der Waals surface area (Å²) in [6.07, 6.45) is 1.36. The molecular weight excluding hydrogens is 462 g/mol. The van der Waals surface area contributed by atoms with Gasteiger partial charge in [-0.15, -0.1) is 0 Å². The fraction of sp³-hybridized carbons (Fsp3) is 0.0435. The summed E-state index contributed by atoms with van der Waals surface area (Å²) in [6, 6.07) is 17.2. The Morgan fingerprint density at radius 1 is 1.06 bits per heavy atom. The van der Waals surface area contributed by atoms with E-state index in [1.807, 2.05) is 6.07 Å². The number of halogens is 4. The van der Waals surface area contributed by atoms with Crippen molar-refractivity contribution < 1.29 is 13.9 Å². The van der Waals surface area contributed by atoms with E-state index in [4.69, 9.17) is 39.5 Å². The van der Waals surface area contributed by atoms with Gasteiger partial charge < -0.3 is 10.1 Å². The molecule has 0 aliphatic carbocycles. The lowest BCUT2D eigenvalue weighted by Gasteiger charge is -2.11. The molecule has 8 heteroatoms. The molecule has 4 nitrogen and oxygen atoms in total. The van der Waals surface area contributed by atoms with Crippen LogP contribution in [0.15, 0.2) is 66.2 Å². The van der Waals surface area contributed by atoms with E-state index in [-0.39, 0.29) is 23.0 Å². The average Bonchev–Trinajstić information content (AvgIpc) is 2.74. The van der Waals surface area contributed by atoms with Crippen molar-refractivity contribution in [3.8, 4) is 11.8 Å². The summed E-state index contributed by atoms with van der Waals surface area (Å²) in [5, 5.41) is 13.1. The lowest BCUT2D eigenvalue weighted by Crippen LogP contribution is -2.13. The van der Waals surface area contributed by atoms with E-state index < -0.39 is 5.91 Å². The van der Waals surface area contributed by atoms with E-state index in [0.717, 1.165) is 0 Å². The Morgan fingerprint density at radius 2 is 1.87 bits per heavy atom. The van der Waals surface area contributed by atoms with Crippen LogP contribution in [0.2, 0.25) is 15.1 Å². The molecule has 0 unspecified atom stereocenters. The van der Waals surface area contributed by atoms with Gasteiger partial charge in [0.1, 0.15) is 29.8 Å². The van der Waals surface area contributed by atoms with Crippen molar-refractivity contribution in [1.29, 1.82) is 5.26 Å². The van der Waals surface area contributed by atoms with Crippen molar-refractivity contribution in [1.82, 2.24) is 0 Å². The molecule has 0 bridgehead atoms. The van der Waals surface area contributed by atoms with Crippen LogP contribution in [0.1, 0.15) is 11.1 Å². The van der Waals surface area contributed by atoms with Gasteiger partial charge in [-0.25, -0.2) is 4.39 Å². The van der Waals surface area contributed by atoms with E-state index >= 15 is 0 Å². The largest absolute Gasteiger partial charge is 0.488 e. The molecule has 31 heavy (non-hydrogen) atoms. The first-order valence-corrected chi connectivity index (χ1v) is 10.0. The average molecular weight is 476 g/mol. The van der Waals surface area contributed by atoms with Crippen LogP contribution in [-0.2, 0) is 11.4 Å². The quantitative estimate of drug-likeness (QED) is 0.311. The van der Waals surface area contributed by atoms with E-state index in [1.165, 1.54) is 30.3 Å². The second-order valence-corrected chi connectivity index (χ2v) is 7.60. The number of benzene rings is 3. The smallest absolute Gasteiger partial charge is 0.266 e. The van der Waals surface area contributed by atoms with Crippen LogP contribution in [0, 0.1) is 17.1 Å². The number of nitriles is 1. The molecule has 0 fully saturated rings. The highest BCUT2D eigenvalue weighted by atomic mass is 35.5. The van der Waals surface area contributed by atoms with Crippen LogP contribution < -0.4 is 10.1 Å². The van der Waals surface area contributed by atoms with Gasteiger partial charge in [0.2, 0.25) is 0 Å². The van der Waals surface area contributed by atoms with Crippen LogP contribution in [0.4, 0.5) is 10.1 Å². The molecule has 3 aromatic carbocycles. The molecular formula is C23H14Cl3FN2O2. The molecule has 3 aromatic rings. The molecule has 0 radical (unpaired) electrons. The van der Waals surface area contributed by atoms with Crippen molar-refractivity contribution >= 4 is 52.5 Å². The van der Waals surface area contributed by atoms with Crippen LogP contribution in [0.25, 0.3) is 6.08 Å². The van der Waals surface area contributed by atoms with Gasteiger partial charge in [0.05, 0.1) is 10.0 Å². The summed E-state index contributed by atoms with van der Waals surface area (Å²) in [5.41, 5.74) is 1.26. The molecule has 0 saturated carbocycles. The molecule has 0 spiro atoms. The summed E-state index contributed by atoms with van der Waals surface area (Å²) >= 11 is 17.9. The number of hydrogen-bond acceptors (Lipinski definition) is 3. The predicted octanol–water partition coefficient (Wildman–Crippen LogP) is 6.91. The lowest BCUT2D eigenvalue weighted by atomic mass is 10.1. The molecule has 0 saturated heterocycles. The fourth-order valence-electron chi connectivity index (χ4n) is 2.63. The highest BCUT2D eigenvalue weighted by Crippen LogP contribution is 2.28. The van der Waals surface area contributed by atoms with Crippen molar-refractivity contribution in [2.24, 2.45) is 0 Å². The van der Waals surface area contributed by atoms with Crippen LogP contribution in [0.5, 0.6) is 5.75 Å². The molecule has 3 rings (SSSR count). The molecule has 1 N–H and O–H groups in total. The maximum atomic E-state index is 13.4. The van der Waals surface area contributed by atoms with Crippen LogP contribution in [-0.4, -0.2) is 5.91 Å². The standard InChI is InChI=1S/C23H14Cl3FN2O2/c24-17-4-7-22(31-13-14-2-1-3-18(27)8-14)15(10-17)9-16(12-28)23(30)29-19-5-6-20(25)21(26)11-19/h1-11H,13H2,(H,29,30)/b16-9+. The summed E-state index contributed by atoms with van der Waals surface area (Å²) in [5.74, 6) is -0.635. The topological polar surface area (TPSA) is 62.1 Å². The Labute approximate surface area is 193 Å². The Bertz CT molecular complexity index is 1210. The van der Waals surface area contributed by atoms with E-state index in [0.29, 0.717) is 32.6 Å². The lowest BCUT2D eigenvalue weighted by molar-refractivity contribution is -0.112. The Morgan fingerprint density at radius 3 is 2.58 bits per heavy atom. The van der Waals surface area contributed by atoms with E-state index in [9.17, 15) is 14.4 Å². The molecule has 0 aromatic heterocycles. The number of nitrogens with zero attached hydrogens (tertiary/aromatic N) is 1. The third kappa shape index (κ3) is 6.22. The summed E-state index contributed by atoms with van der Waals surface area (Å²) in [4.78, 5) is 12.6. The highest BCUT2D eigenvalue weighted by Gasteiger charge is 2.13. The second kappa shape index (κ2) is 10.3. The Balaban J connectivity index is 1.83. The minimum absolute atomic E-state index is 0.0948. The molecule has 0 heterocycles. The predicted molar refractivity (Wildman–Crippen MR) is 121 cm³/mol. The first-order chi connectivity index (χ1) is 14.9.